The predicted octanol–water partition coefficient (Wildman–Crippen LogP) is 3.43. The van der Waals surface area contributed by atoms with Crippen molar-refractivity contribution in [3.63, 3.8) is 0 Å². The Morgan fingerprint density at radius 2 is 2.00 bits per heavy atom. The second-order valence-electron chi connectivity index (χ2n) is 3.57. The van der Waals surface area contributed by atoms with E-state index in [9.17, 15) is 4.39 Å². The molecule has 0 unspecified atom stereocenters. The number of nitrogens with two attached hydrogens (primary N) is 1. The maximum Gasteiger partial charge on any atom is 0.131 e. The molecule has 2 rings (SSSR count). The number of nitrogens with zero attached hydrogens (tertiary/aromatic N) is 1. The molecule has 2 nitrogen and oxygen atoms in total. The molecule has 0 radical (unpaired) electrons. The molecule has 0 atom stereocenters. The van der Waals surface area contributed by atoms with Crippen LogP contribution in [0.15, 0.2) is 30.5 Å². The van der Waals surface area contributed by atoms with Crippen molar-refractivity contribution in [1.29, 1.82) is 0 Å². The maximum absolute atomic E-state index is 12.9. The molecule has 0 saturated carbocycles. The number of aryl methyl sites for hydroxylation is 1. The topological polar surface area (TPSA) is 38.9 Å². The van der Waals surface area contributed by atoms with Gasteiger partial charge in [0.15, 0.2) is 0 Å². The van der Waals surface area contributed by atoms with Crippen molar-refractivity contribution >= 4 is 17.4 Å². The summed E-state index contributed by atoms with van der Waals surface area (Å²) in [6, 6.07) is 6.09. The summed E-state index contributed by atoms with van der Waals surface area (Å²) in [6.07, 6.45) is 1.68. The normalized spacial score (nSPS) is 10.4. The zero-order valence-electron chi connectivity index (χ0n) is 8.67. The van der Waals surface area contributed by atoms with Crippen LogP contribution in [0.4, 0.5) is 10.2 Å². The lowest BCUT2D eigenvalue weighted by Gasteiger charge is -2.08. The number of anilines is 1. The van der Waals surface area contributed by atoms with Gasteiger partial charge in [0.1, 0.15) is 11.6 Å². The van der Waals surface area contributed by atoms with Gasteiger partial charge in [-0.25, -0.2) is 9.37 Å². The van der Waals surface area contributed by atoms with Crippen LogP contribution in [0.5, 0.6) is 0 Å². The maximum atomic E-state index is 12.9. The van der Waals surface area contributed by atoms with E-state index in [1.54, 1.807) is 12.3 Å². The zero-order valence-corrected chi connectivity index (χ0v) is 9.42. The molecule has 1 aromatic heterocycles. The summed E-state index contributed by atoms with van der Waals surface area (Å²) in [5.74, 6) is 0.0204. The highest BCUT2D eigenvalue weighted by Gasteiger charge is 2.09. The molecule has 2 N–H and O–H groups in total. The van der Waals surface area contributed by atoms with E-state index in [4.69, 9.17) is 17.3 Å². The SMILES string of the molecule is Cc1cnc(N)c(-c2ccc(F)cc2Cl)c1. The van der Waals surface area contributed by atoms with E-state index in [-0.39, 0.29) is 5.82 Å². The van der Waals surface area contributed by atoms with Crippen LogP contribution >= 0.6 is 11.6 Å². The zero-order chi connectivity index (χ0) is 11.7. The standard InChI is InChI=1S/C12H10ClFN2/c1-7-4-10(12(15)16-6-7)9-3-2-8(14)5-11(9)13/h2-6H,1H3,(H2,15,16). The number of benzene rings is 1. The van der Waals surface area contributed by atoms with Gasteiger partial charge in [0, 0.05) is 17.3 Å². The second-order valence-corrected chi connectivity index (χ2v) is 3.98. The average Bonchev–Trinajstić information content (AvgIpc) is 2.22. The van der Waals surface area contributed by atoms with Crippen molar-refractivity contribution in [2.75, 3.05) is 5.73 Å². The molecule has 1 aromatic carbocycles. The first-order valence-corrected chi connectivity index (χ1v) is 5.13. The Balaban J connectivity index is 2.62. The van der Waals surface area contributed by atoms with Gasteiger partial charge in [-0.1, -0.05) is 11.6 Å². The molecule has 0 aliphatic carbocycles. The lowest BCUT2D eigenvalue weighted by molar-refractivity contribution is 0.628. The molecule has 0 bridgehead atoms. The summed E-state index contributed by atoms with van der Waals surface area (Å²) in [7, 11) is 0. The summed E-state index contributed by atoms with van der Waals surface area (Å²) in [5, 5.41) is 0.333. The highest BCUT2D eigenvalue weighted by atomic mass is 35.5. The minimum atomic E-state index is -0.368. The van der Waals surface area contributed by atoms with Crippen LogP contribution in [0.2, 0.25) is 5.02 Å². The van der Waals surface area contributed by atoms with Crippen LogP contribution in [0, 0.1) is 12.7 Å². The van der Waals surface area contributed by atoms with Crippen LogP contribution in [-0.4, -0.2) is 4.98 Å². The molecule has 0 spiro atoms. The van der Waals surface area contributed by atoms with Crippen molar-refractivity contribution in [1.82, 2.24) is 4.98 Å². The number of halogens is 2. The Morgan fingerprint density at radius 1 is 1.25 bits per heavy atom. The molecule has 1 heterocycles. The summed E-state index contributed by atoms with van der Waals surface area (Å²) in [5.41, 5.74) is 8.16. The molecule has 2 aromatic rings. The molecule has 0 aliphatic rings. The first-order valence-electron chi connectivity index (χ1n) is 4.75. The van der Waals surface area contributed by atoms with Crippen molar-refractivity contribution in [2.45, 2.75) is 6.92 Å². The van der Waals surface area contributed by atoms with Crippen LogP contribution in [0.1, 0.15) is 5.56 Å². The van der Waals surface area contributed by atoms with Crippen LogP contribution in [0.3, 0.4) is 0 Å². The van der Waals surface area contributed by atoms with E-state index < -0.39 is 0 Å². The average molecular weight is 237 g/mol. The summed E-state index contributed by atoms with van der Waals surface area (Å²) in [6.45, 7) is 1.91. The van der Waals surface area contributed by atoms with Gasteiger partial charge in [-0.15, -0.1) is 0 Å². The van der Waals surface area contributed by atoms with Crippen molar-refractivity contribution in [3.05, 3.63) is 46.9 Å². The molecule has 0 aliphatic heterocycles. The molecule has 4 heteroatoms. The van der Waals surface area contributed by atoms with E-state index in [0.29, 0.717) is 16.4 Å². The van der Waals surface area contributed by atoms with Gasteiger partial charge in [0.25, 0.3) is 0 Å². The number of nitrogen functional groups attached to an aromatic ring is 1. The minimum Gasteiger partial charge on any atom is -0.383 e. The largest absolute Gasteiger partial charge is 0.383 e. The molecular weight excluding hydrogens is 227 g/mol. The fourth-order valence-electron chi connectivity index (χ4n) is 1.50. The van der Waals surface area contributed by atoms with Crippen LogP contribution < -0.4 is 5.73 Å². The number of rotatable bonds is 1. The third-order valence-electron chi connectivity index (χ3n) is 2.28. The third-order valence-corrected chi connectivity index (χ3v) is 2.59. The summed E-state index contributed by atoms with van der Waals surface area (Å²) in [4.78, 5) is 4.04. The first-order chi connectivity index (χ1) is 7.58. The number of hydrogen-bond donors (Lipinski definition) is 1. The van der Waals surface area contributed by atoms with Crippen molar-refractivity contribution < 1.29 is 4.39 Å². The fraction of sp³-hybridized carbons (Fsp3) is 0.0833. The Kier molecular flexibility index (Phi) is 2.79. The van der Waals surface area contributed by atoms with Crippen LogP contribution in [0.25, 0.3) is 11.1 Å². The molecule has 0 saturated heterocycles. The molecule has 82 valence electrons. The number of aromatic nitrogens is 1. The molecule has 0 amide bonds. The van der Waals surface area contributed by atoms with Gasteiger partial charge in [0.2, 0.25) is 0 Å². The quantitative estimate of drug-likeness (QED) is 0.824. The van der Waals surface area contributed by atoms with Gasteiger partial charge >= 0.3 is 0 Å². The van der Waals surface area contributed by atoms with Gasteiger partial charge in [-0.05, 0) is 36.8 Å². The third kappa shape index (κ3) is 1.99. The Morgan fingerprint density at radius 3 is 2.69 bits per heavy atom. The predicted molar refractivity (Wildman–Crippen MR) is 63.8 cm³/mol. The Bertz CT molecular complexity index is 541. The van der Waals surface area contributed by atoms with E-state index in [1.165, 1.54) is 12.1 Å². The summed E-state index contributed by atoms with van der Waals surface area (Å²) >= 11 is 5.97. The lowest BCUT2D eigenvalue weighted by atomic mass is 10.1. The van der Waals surface area contributed by atoms with E-state index in [2.05, 4.69) is 4.98 Å². The van der Waals surface area contributed by atoms with Gasteiger partial charge < -0.3 is 5.73 Å². The van der Waals surface area contributed by atoms with Crippen LogP contribution in [-0.2, 0) is 0 Å². The Hall–Kier alpha value is -1.61. The van der Waals surface area contributed by atoms with Crippen molar-refractivity contribution in [3.8, 4) is 11.1 Å². The van der Waals surface area contributed by atoms with Gasteiger partial charge in [-0.2, -0.15) is 0 Å². The van der Waals surface area contributed by atoms with E-state index in [0.717, 1.165) is 11.1 Å². The smallest absolute Gasteiger partial charge is 0.131 e. The minimum absolute atomic E-state index is 0.333. The Labute approximate surface area is 97.9 Å². The van der Waals surface area contributed by atoms with Gasteiger partial charge in [-0.3, -0.25) is 0 Å². The van der Waals surface area contributed by atoms with Gasteiger partial charge in [0.05, 0.1) is 5.02 Å². The first kappa shape index (κ1) is 10.9. The monoisotopic (exact) mass is 236 g/mol. The lowest BCUT2D eigenvalue weighted by Crippen LogP contribution is -1.95. The highest BCUT2D eigenvalue weighted by Crippen LogP contribution is 2.31. The number of hydrogen-bond acceptors (Lipinski definition) is 2. The number of pyridine rings is 1. The van der Waals surface area contributed by atoms with E-state index in [1.807, 2.05) is 13.0 Å². The highest BCUT2D eigenvalue weighted by molar-refractivity contribution is 6.33. The van der Waals surface area contributed by atoms with E-state index >= 15 is 0 Å². The second kappa shape index (κ2) is 4.10. The molecular formula is C12H10ClFN2. The molecule has 16 heavy (non-hydrogen) atoms. The summed E-state index contributed by atoms with van der Waals surface area (Å²) < 4.78 is 12.9. The molecule has 0 fully saturated rings. The van der Waals surface area contributed by atoms with Crippen molar-refractivity contribution in [2.24, 2.45) is 0 Å². The fourth-order valence-corrected chi connectivity index (χ4v) is 1.77.